The molecular formula is C27H31N7O3S. The third-order valence-corrected chi connectivity index (χ3v) is 7.70. The molecule has 10 nitrogen and oxygen atoms in total. The Labute approximate surface area is 222 Å². The highest BCUT2D eigenvalue weighted by molar-refractivity contribution is 7.92. The van der Waals surface area contributed by atoms with Crippen LogP contribution >= 0.6 is 0 Å². The summed E-state index contributed by atoms with van der Waals surface area (Å²) in [6.07, 6.45) is 3.78. The molecule has 11 heteroatoms. The van der Waals surface area contributed by atoms with Gasteiger partial charge in [0.05, 0.1) is 11.9 Å². The molecule has 1 fully saturated rings. The topological polar surface area (TPSA) is 114 Å². The second-order valence-corrected chi connectivity index (χ2v) is 11.0. The zero-order chi connectivity index (χ0) is 26.7. The molecule has 0 aliphatic carbocycles. The molecule has 0 saturated carbocycles. The maximum atomic E-state index is 13.0. The smallest absolute Gasteiger partial charge is 0.267 e. The van der Waals surface area contributed by atoms with Crippen molar-refractivity contribution in [2.45, 2.75) is 25.2 Å². The van der Waals surface area contributed by atoms with E-state index in [-0.39, 0.29) is 16.7 Å². The molecular weight excluding hydrogens is 502 g/mol. The molecule has 0 unspecified atom stereocenters. The molecule has 1 aliphatic rings. The van der Waals surface area contributed by atoms with Crippen LogP contribution in [0.5, 0.6) is 11.6 Å². The van der Waals surface area contributed by atoms with E-state index in [1.54, 1.807) is 13.1 Å². The van der Waals surface area contributed by atoms with Crippen LogP contribution < -0.4 is 19.7 Å². The number of nitrogens with one attached hydrogen (secondary N) is 2. The van der Waals surface area contributed by atoms with Gasteiger partial charge in [-0.15, -0.1) is 0 Å². The zero-order valence-corrected chi connectivity index (χ0v) is 22.5. The van der Waals surface area contributed by atoms with Crippen molar-refractivity contribution in [3.05, 3.63) is 72.1 Å². The van der Waals surface area contributed by atoms with Crippen molar-refractivity contribution in [2.75, 3.05) is 35.8 Å². The number of rotatable bonds is 7. The first kappa shape index (κ1) is 25.7. The van der Waals surface area contributed by atoms with Gasteiger partial charge in [0, 0.05) is 50.2 Å². The quantitative estimate of drug-likeness (QED) is 0.368. The SMILES string of the molecule is Cc1cccc(C)c1-c1cc(Oc2ccc(N3CCCNCC3)cc2)nc(NS(=O)(=O)c2cnn(C)c2)n1. The van der Waals surface area contributed by atoms with Crippen LogP contribution in [0.1, 0.15) is 17.5 Å². The summed E-state index contributed by atoms with van der Waals surface area (Å²) in [7, 11) is -2.30. The van der Waals surface area contributed by atoms with Gasteiger partial charge in [-0.1, -0.05) is 18.2 Å². The van der Waals surface area contributed by atoms with Gasteiger partial charge in [0.15, 0.2) is 0 Å². The Morgan fingerprint density at radius 1 is 1.00 bits per heavy atom. The van der Waals surface area contributed by atoms with Gasteiger partial charge in [-0.05, 0) is 62.2 Å². The Balaban J connectivity index is 1.47. The highest BCUT2D eigenvalue weighted by Crippen LogP contribution is 2.31. The molecule has 0 atom stereocenters. The number of hydrogen-bond acceptors (Lipinski definition) is 8. The molecule has 1 saturated heterocycles. The number of benzene rings is 2. The minimum absolute atomic E-state index is 0.0165. The summed E-state index contributed by atoms with van der Waals surface area (Å²) in [5, 5.41) is 7.37. The van der Waals surface area contributed by atoms with E-state index in [0.29, 0.717) is 11.4 Å². The Morgan fingerprint density at radius 2 is 1.76 bits per heavy atom. The van der Waals surface area contributed by atoms with E-state index < -0.39 is 10.0 Å². The highest BCUT2D eigenvalue weighted by Gasteiger charge is 2.20. The minimum atomic E-state index is -3.95. The molecule has 4 aromatic rings. The number of hydrogen-bond donors (Lipinski definition) is 2. The summed E-state index contributed by atoms with van der Waals surface area (Å²) in [6.45, 7) is 7.91. The van der Waals surface area contributed by atoms with E-state index in [9.17, 15) is 8.42 Å². The highest BCUT2D eigenvalue weighted by atomic mass is 32.2. The molecule has 2 aromatic heterocycles. The van der Waals surface area contributed by atoms with Crippen molar-refractivity contribution in [3.63, 3.8) is 0 Å². The summed E-state index contributed by atoms with van der Waals surface area (Å²) in [4.78, 5) is 11.3. The normalized spacial score (nSPS) is 14.2. The first-order valence-corrected chi connectivity index (χ1v) is 14.0. The molecule has 0 spiro atoms. The van der Waals surface area contributed by atoms with Gasteiger partial charge in [-0.25, -0.2) is 18.1 Å². The summed E-state index contributed by atoms with van der Waals surface area (Å²) >= 11 is 0. The predicted molar refractivity (Wildman–Crippen MR) is 147 cm³/mol. The Morgan fingerprint density at radius 3 is 2.47 bits per heavy atom. The minimum Gasteiger partial charge on any atom is -0.439 e. The lowest BCUT2D eigenvalue weighted by atomic mass is 10.00. The molecule has 3 heterocycles. The van der Waals surface area contributed by atoms with Crippen LogP contribution in [0.3, 0.4) is 0 Å². The van der Waals surface area contributed by atoms with Crippen LogP contribution in [0.2, 0.25) is 0 Å². The van der Waals surface area contributed by atoms with Crippen molar-refractivity contribution < 1.29 is 13.2 Å². The van der Waals surface area contributed by atoms with Crippen molar-refractivity contribution in [3.8, 4) is 22.9 Å². The summed E-state index contributed by atoms with van der Waals surface area (Å²) in [5.74, 6) is 0.736. The average molecular weight is 534 g/mol. The van der Waals surface area contributed by atoms with Crippen molar-refractivity contribution in [1.29, 1.82) is 0 Å². The summed E-state index contributed by atoms with van der Waals surface area (Å²) in [5.41, 5.74) is 4.60. The van der Waals surface area contributed by atoms with Crippen LogP contribution in [-0.4, -0.2) is 54.3 Å². The first-order valence-electron chi connectivity index (χ1n) is 12.5. The molecule has 38 heavy (non-hydrogen) atoms. The fourth-order valence-corrected chi connectivity index (χ4v) is 5.46. The lowest BCUT2D eigenvalue weighted by Gasteiger charge is -2.22. The number of ether oxygens (including phenoxy) is 1. The predicted octanol–water partition coefficient (Wildman–Crippen LogP) is 3.89. The van der Waals surface area contributed by atoms with Gasteiger partial charge >= 0.3 is 0 Å². The largest absolute Gasteiger partial charge is 0.439 e. The second-order valence-electron chi connectivity index (χ2n) is 9.32. The number of nitrogens with zero attached hydrogens (tertiary/aromatic N) is 5. The van der Waals surface area contributed by atoms with Gasteiger partial charge in [0.25, 0.3) is 10.0 Å². The number of sulfonamides is 1. The van der Waals surface area contributed by atoms with Gasteiger partial charge in [-0.3, -0.25) is 4.68 Å². The average Bonchev–Trinajstić information content (AvgIpc) is 3.15. The van der Waals surface area contributed by atoms with E-state index in [2.05, 4.69) is 30.0 Å². The summed E-state index contributed by atoms with van der Waals surface area (Å²) in [6, 6.07) is 15.5. The van der Waals surface area contributed by atoms with Crippen LogP contribution in [0.4, 0.5) is 11.6 Å². The van der Waals surface area contributed by atoms with Gasteiger partial charge in [0.1, 0.15) is 10.6 Å². The van der Waals surface area contributed by atoms with E-state index in [0.717, 1.165) is 55.0 Å². The summed E-state index contributed by atoms with van der Waals surface area (Å²) < 4.78 is 36.0. The molecule has 0 radical (unpaired) electrons. The van der Waals surface area contributed by atoms with Crippen LogP contribution in [0, 0.1) is 13.8 Å². The van der Waals surface area contributed by atoms with E-state index in [4.69, 9.17) is 4.74 Å². The molecule has 2 aromatic carbocycles. The standard InChI is InChI=1S/C27H31N7O3S/c1-19-6-4-7-20(2)26(19)24-16-25(31-27(30-24)32-38(35,36)23-17-29-33(3)18-23)37-22-10-8-21(9-11-22)34-14-5-12-28-13-15-34/h4,6-11,16-18,28H,5,12-15H2,1-3H3,(H,30,31,32). The molecule has 198 valence electrons. The van der Waals surface area contributed by atoms with Crippen LogP contribution in [-0.2, 0) is 17.1 Å². The monoisotopic (exact) mass is 533 g/mol. The first-order chi connectivity index (χ1) is 18.3. The van der Waals surface area contributed by atoms with E-state index in [1.807, 2.05) is 56.3 Å². The fourth-order valence-electron chi connectivity index (χ4n) is 4.54. The van der Waals surface area contributed by atoms with Crippen LogP contribution in [0.15, 0.2) is 65.8 Å². The van der Waals surface area contributed by atoms with E-state index in [1.165, 1.54) is 17.1 Å². The van der Waals surface area contributed by atoms with Crippen LogP contribution in [0.25, 0.3) is 11.3 Å². The van der Waals surface area contributed by atoms with Crippen molar-refractivity contribution >= 4 is 21.7 Å². The number of anilines is 2. The lowest BCUT2D eigenvalue weighted by Crippen LogP contribution is -2.27. The van der Waals surface area contributed by atoms with E-state index >= 15 is 0 Å². The van der Waals surface area contributed by atoms with Crippen molar-refractivity contribution in [1.82, 2.24) is 25.1 Å². The molecule has 2 N–H and O–H groups in total. The zero-order valence-electron chi connectivity index (χ0n) is 21.7. The van der Waals surface area contributed by atoms with Crippen molar-refractivity contribution in [2.24, 2.45) is 7.05 Å². The number of aromatic nitrogens is 4. The Bertz CT molecular complexity index is 1510. The lowest BCUT2D eigenvalue weighted by molar-refractivity contribution is 0.463. The third kappa shape index (κ3) is 5.79. The number of aryl methyl sites for hydroxylation is 3. The molecule has 0 bridgehead atoms. The second kappa shape index (κ2) is 10.8. The molecule has 1 aliphatic heterocycles. The fraction of sp³-hybridized carbons (Fsp3) is 0.296. The third-order valence-electron chi connectivity index (χ3n) is 6.42. The maximum absolute atomic E-state index is 13.0. The van der Waals surface area contributed by atoms with Gasteiger partial charge in [-0.2, -0.15) is 10.1 Å². The Kier molecular flexibility index (Phi) is 7.30. The maximum Gasteiger partial charge on any atom is 0.267 e. The van der Waals surface area contributed by atoms with Gasteiger partial charge < -0.3 is 15.0 Å². The van der Waals surface area contributed by atoms with Gasteiger partial charge in [0.2, 0.25) is 11.8 Å². The molecule has 0 amide bonds. The molecule has 5 rings (SSSR count). The Hall–Kier alpha value is -3.96.